The molecule has 1 heterocycles. The fraction of sp³-hybridized carbons (Fsp3) is 0.765. The average Bonchev–Trinajstić information content (AvgIpc) is 3.02. The molecule has 2 atom stereocenters. The molecule has 0 amide bonds. The normalized spacial score (nSPS) is 22.1. The van der Waals surface area contributed by atoms with Gasteiger partial charge in [0, 0.05) is 28.9 Å². The van der Waals surface area contributed by atoms with Gasteiger partial charge in [0.15, 0.2) is 5.96 Å². The van der Waals surface area contributed by atoms with E-state index >= 15 is 0 Å². The summed E-state index contributed by atoms with van der Waals surface area (Å²) >= 11 is 3.87. The number of thioether (sulfide) groups is 1. The first-order valence-electron chi connectivity index (χ1n) is 8.85. The Morgan fingerprint density at radius 2 is 2.26 bits per heavy atom. The van der Waals surface area contributed by atoms with Gasteiger partial charge in [0.25, 0.3) is 0 Å². The van der Waals surface area contributed by atoms with Gasteiger partial charge in [-0.1, -0.05) is 20.3 Å². The molecule has 2 unspecified atom stereocenters. The summed E-state index contributed by atoms with van der Waals surface area (Å²) in [6.07, 6.45) is 8.22. The molecule has 0 radical (unpaired) electrons. The van der Waals surface area contributed by atoms with Crippen LogP contribution in [0, 0.1) is 0 Å². The molecule has 0 spiro atoms. The number of guanidine groups is 1. The van der Waals surface area contributed by atoms with Crippen LogP contribution in [-0.2, 0) is 13.0 Å². The second-order valence-corrected chi connectivity index (χ2v) is 8.63. The smallest absolute Gasteiger partial charge is 0.191 e. The molecule has 0 aliphatic heterocycles. The molecule has 6 heteroatoms. The van der Waals surface area contributed by atoms with Crippen LogP contribution in [-0.4, -0.2) is 34.5 Å². The highest BCUT2D eigenvalue weighted by Gasteiger charge is 2.22. The Hall–Kier alpha value is -0.750. The number of rotatable bonds is 7. The third-order valence-corrected chi connectivity index (χ3v) is 6.40. The molecule has 23 heavy (non-hydrogen) atoms. The van der Waals surface area contributed by atoms with Gasteiger partial charge in [-0.05, 0) is 38.4 Å². The molecule has 0 saturated heterocycles. The number of hydrogen-bond donors (Lipinski definition) is 2. The van der Waals surface area contributed by atoms with Gasteiger partial charge in [0.1, 0.15) is 5.01 Å². The fourth-order valence-corrected chi connectivity index (χ4v) is 4.87. The third-order valence-electron chi connectivity index (χ3n) is 4.04. The van der Waals surface area contributed by atoms with Crippen molar-refractivity contribution in [2.45, 2.75) is 70.7 Å². The third kappa shape index (κ3) is 6.34. The maximum Gasteiger partial charge on any atom is 0.191 e. The first-order valence-corrected chi connectivity index (χ1v) is 10.7. The molecule has 1 fully saturated rings. The van der Waals surface area contributed by atoms with Crippen LogP contribution in [0.4, 0.5) is 0 Å². The van der Waals surface area contributed by atoms with Crippen molar-refractivity contribution in [3.05, 3.63) is 16.1 Å². The number of aliphatic imine (C=N–C) groups is 1. The molecule has 1 saturated carbocycles. The molecule has 0 aromatic carbocycles. The first-order chi connectivity index (χ1) is 11.2. The lowest BCUT2D eigenvalue weighted by atomic mass is 9.95. The van der Waals surface area contributed by atoms with Crippen molar-refractivity contribution < 1.29 is 0 Å². The van der Waals surface area contributed by atoms with Gasteiger partial charge in [-0.3, -0.25) is 0 Å². The highest BCUT2D eigenvalue weighted by Crippen LogP contribution is 2.28. The number of thiazole rings is 1. The van der Waals surface area contributed by atoms with Crippen molar-refractivity contribution in [1.82, 2.24) is 15.6 Å². The highest BCUT2D eigenvalue weighted by molar-refractivity contribution is 7.99. The molecule has 1 aromatic rings. The van der Waals surface area contributed by atoms with Crippen LogP contribution >= 0.6 is 23.1 Å². The van der Waals surface area contributed by atoms with Gasteiger partial charge in [-0.15, -0.1) is 11.3 Å². The van der Waals surface area contributed by atoms with Gasteiger partial charge >= 0.3 is 0 Å². The van der Waals surface area contributed by atoms with Gasteiger partial charge in [-0.2, -0.15) is 11.8 Å². The summed E-state index contributed by atoms with van der Waals surface area (Å²) in [6, 6.07) is 0.549. The van der Waals surface area contributed by atoms with E-state index in [1.54, 1.807) is 11.3 Å². The van der Waals surface area contributed by atoms with Crippen LogP contribution in [0.3, 0.4) is 0 Å². The molecule has 1 aliphatic carbocycles. The molecular weight excluding hydrogens is 324 g/mol. The van der Waals surface area contributed by atoms with Crippen molar-refractivity contribution in [2.24, 2.45) is 4.99 Å². The summed E-state index contributed by atoms with van der Waals surface area (Å²) in [5.41, 5.74) is 0. The number of aromatic nitrogens is 1. The minimum Gasteiger partial charge on any atom is -0.357 e. The Balaban J connectivity index is 1.90. The van der Waals surface area contributed by atoms with Crippen molar-refractivity contribution in [2.75, 3.05) is 12.3 Å². The predicted octanol–water partition coefficient (Wildman–Crippen LogP) is 3.82. The minimum atomic E-state index is 0.549. The second-order valence-electron chi connectivity index (χ2n) is 5.85. The summed E-state index contributed by atoms with van der Waals surface area (Å²) in [6.45, 7) is 8.10. The SMILES string of the molecule is CCNC(=NCc1ncc(CC)s1)NC1CCCC(SCC)C1. The molecule has 4 nitrogen and oxygen atoms in total. The summed E-state index contributed by atoms with van der Waals surface area (Å²) < 4.78 is 0. The van der Waals surface area contributed by atoms with Gasteiger partial charge in [-0.25, -0.2) is 9.98 Å². The van der Waals surface area contributed by atoms with Crippen molar-refractivity contribution >= 4 is 29.1 Å². The Morgan fingerprint density at radius 3 is 2.96 bits per heavy atom. The predicted molar refractivity (Wildman–Crippen MR) is 104 cm³/mol. The summed E-state index contributed by atoms with van der Waals surface area (Å²) in [7, 11) is 0. The van der Waals surface area contributed by atoms with Crippen molar-refractivity contribution in [3.8, 4) is 0 Å². The topological polar surface area (TPSA) is 49.3 Å². The first kappa shape index (κ1) is 18.6. The van der Waals surface area contributed by atoms with Crippen LogP contribution in [0.2, 0.25) is 0 Å². The van der Waals surface area contributed by atoms with E-state index in [9.17, 15) is 0 Å². The van der Waals surface area contributed by atoms with Gasteiger partial charge < -0.3 is 10.6 Å². The number of nitrogens with one attached hydrogen (secondary N) is 2. The summed E-state index contributed by atoms with van der Waals surface area (Å²) in [5, 5.41) is 8.92. The van der Waals surface area contributed by atoms with E-state index in [0.717, 1.165) is 29.2 Å². The molecule has 1 aromatic heterocycles. The van der Waals surface area contributed by atoms with E-state index in [1.165, 1.54) is 36.3 Å². The Kier molecular flexibility index (Phi) is 8.23. The van der Waals surface area contributed by atoms with Crippen molar-refractivity contribution in [1.29, 1.82) is 0 Å². The summed E-state index contributed by atoms with van der Waals surface area (Å²) in [5.74, 6) is 2.16. The van der Waals surface area contributed by atoms with E-state index in [2.05, 4.69) is 48.2 Å². The molecule has 2 rings (SSSR count). The average molecular weight is 355 g/mol. The maximum atomic E-state index is 4.73. The number of aryl methyl sites for hydroxylation is 1. The van der Waals surface area contributed by atoms with Crippen LogP contribution < -0.4 is 10.6 Å². The Labute approximate surface area is 149 Å². The number of hydrogen-bond acceptors (Lipinski definition) is 4. The lowest BCUT2D eigenvalue weighted by Gasteiger charge is -2.30. The van der Waals surface area contributed by atoms with Gasteiger partial charge in [0.05, 0.1) is 6.54 Å². The lowest BCUT2D eigenvalue weighted by Crippen LogP contribution is -2.45. The Bertz CT molecular complexity index is 485. The Morgan fingerprint density at radius 1 is 1.39 bits per heavy atom. The van der Waals surface area contributed by atoms with Crippen LogP contribution in [0.1, 0.15) is 56.3 Å². The monoisotopic (exact) mass is 354 g/mol. The zero-order valence-corrected chi connectivity index (χ0v) is 16.2. The van der Waals surface area contributed by atoms with E-state index in [-0.39, 0.29) is 0 Å². The van der Waals surface area contributed by atoms with Crippen LogP contribution in [0.15, 0.2) is 11.2 Å². The standard InChI is InChI=1S/C17H30N4S2/c1-4-14-11-19-16(23-14)12-20-17(18-5-2)21-13-8-7-9-15(10-13)22-6-3/h11,13,15H,4-10,12H2,1-3H3,(H2,18,20,21). The minimum absolute atomic E-state index is 0.549. The molecular formula is C17H30N4S2. The molecule has 130 valence electrons. The molecule has 1 aliphatic rings. The molecule has 2 N–H and O–H groups in total. The van der Waals surface area contributed by atoms with Gasteiger partial charge in [0.2, 0.25) is 0 Å². The van der Waals surface area contributed by atoms with Crippen LogP contribution in [0.5, 0.6) is 0 Å². The maximum absolute atomic E-state index is 4.73. The van der Waals surface area contributed by atoms with E-state index in [0.29, 0.717) is 12.6 Å². The lowest BCUT2D eigenvalue weighted by molar-refractivity contribution is 0.419. The highest BCUT2D eigenvalue weighted by atomic mass is 32.2. The molecule has 0 bridgehead atoms. The van der Waals surface area contributed by atoms with Crippen LogP contribution in [0.25, 0.3) is 0 Å². The zero-order valence-electron chi connectivity index (χ0n) is 14.6. The quantitative estimate of drug-likeness (QED) is 0.577. The van der Waals surface area contributed by atoms with E-state index < -0.39 is 0 Å². The second kappa shape index (κ2) is 10.2. The number of nitrogens with zero attached hydrogens (tertiary/aromatic N) is 2. The van der Waals surface area contributed by atoms with Crippen molar-refractivity contribution in [3.63, 3.8) is 0 Å². The fourth-order valence-electron chi connectivity index (χ4n) is 2.91. The summed E-state index contributed by atoms with van der Waals surface area (Å²) in [4.78, 5) is 10.5. The van der Waals surface area contributed by atoms with E-state index in [1.807, 2.05) is 6.20 Å². The van der Waals surface area contributed by atoms with E-state index in [4.69, 9.17) is 4.99 Å². The zero-order chi connectivity index (χ0) is 16.5. The largest absolute Gasteiger partial charge is 0.357 e.